The second-order valence-corrected chi connectivity index (χ2v) is 8.49. The summed E-state index contributed by atoms with van der Waals surface area (Å²) >= 11 is 0. The number of benzene rings is 1. The highest BCUT2D eigenvalue weighted by atomic mass is 19.1. The Kier molecular flexibility index (Phi) is 5.34. The molecule has 1 saturated heterocycles. The van der Waals surface area contributed by atoms with Gasteiger partial charge in [0.1, 0.15) is 12.4 Å². The second kappa shape index (κ2) is 8.31. The molecule has 2 N–H and O–H groups in total. The predicted molar refractivity (Wildman–Crippen MR) is 118 cm³/mol. The molecule has 2 fully saturated rings. The summed E-state index contributed by atoms with van der Waals surface area (Å²) in [5.74, 6) is 1.30. The van der Waals surface area contributed by atoms with Crippen molar-refractivity contribution in [2.45, 2.75) is 30.8 Å². The number of nitrogens with one attached hydrogen (secondary N) is 1. The van der Waals surface area contributed by atoms with Crippen LogP contribution < -0.4 is 15.0 Å². The molecule has 9 heteroatoms. The third kappa shape index (κ3) is 4.08. The van der Waals surface area contributed by atoms with Crippen LogP contribution in [0.5, 0.6) is 11.6 Å². The van der Waals surface area contributed by atoms with E-state index < -0.39 is 0 Å². The molecule has 0 bridgehead atoms. The van der Waals surface area contributed by atoms with Crippen molar-refractivity contribution in [1.82, 2.24) is 25.7 Å². The molecule has 1 aliphatic carbocycles. The van der Waals surface area contributed by atoms with Gasteiger partial charge >= 0.3 is 0 Å². The molecule has 1 aliphatic heterocycles. The van der Waals surface area contributed by atoms with Crippen molar-refractivity contribution >= 4 is 5.82 Å². The van der Waals surface area contributed by atoms with Gasteiger partial charge in [0.05, 0.1) is 19.0 Å². The molecule has 2 aliphatic rings. The van der Waals surface area contributed by atoms with Gasteiger partial charge in [-0.2, -0.15) is 5.10 Å². The summed E-state index contributed by atoms with van der Waals surface area (Å²) in [6, 6.07) is 11.2. The van der Waals surface area contributed by atoms with Gasteiger partial charge in [0, 0.05) is 41.9 Å². The fourth-order valence-corrected chi connectivity index (χ4v) is 4.16. The highest BCUT2D eigenvalue weighted by Gasteiger charge is 2.45. The van der Waals surface area contributed by atoms with E-state index in [9.17, 15) is 9.50 Å². The molecule has 3 aromatic rings. The summed E-state index contributed by atoms with van der Waals surface area (Å²) in [5.41, 5.74) is 2.49. The number of aromatic nitrogens is 4. The number of ether oxygens (including phenoxy) is 1. The van der Waals surface area contributed by atoms with Crippen molar-refractivity contribution in [3.8, 4) is 34.0 Å². The minimum absolute atomic E-state index is 0.103. The predicted octanol–water partition coefficient (Wildman–Crippen LogP) is 2.99. The van der Waals surface area contributed by atoms with Crippen LogP contribution in [0.1, 0.15) is 19.3 Å². The van der Waals surface area contributed by atoms with E-state index in [1.54, 1.807) is 18.3 Å². The first kappa shape index (κ1) is 20.6. The van der Waals surface area contributed by atoms with Crippen LogP contribution >= 0.6 is 0 Å². The average molecular weight is 436 g/mol. The number of hydrogen-bond acceptors (Lipinski definition) is 8. The van der Waals surface area contributed by atoms with E-state index >= 15 is 0 Å². The number of halogens is 1. The average Bonchev–Trinajstić information content (AvgIpc) is 3.46. The molecule has 0 amide bonds. The Hall–Kier alpha value is -3.33. The standard InChI is InChI=1S/C23H25FN6O2/c1-32-22-11-16(12-25-29-22)15-2-3-18(20(31)10-15)19-4-5-21(28-27-19)30-9-6-17(13-30)26-23(14-24)7-8-23/h2-5,10-12,17,26,31H,6-9,13-14H2,1H3/t17-/m0/s1. The first-order valence-electron chi connectivity index (χ1n) is 10.7. The molecule has 1 atom stereocenters. The molecule has 0 spiro atoms. The minimum atomic E-state index is -0.300. The molecule has 0 radical (unpaired) electrons. The lowest BCUT2D eigenvalue weighted by molar-refractivity contribution is 0.332. The van der Waals surface area contributed by atoms with Crippen LogP contribution in [0.2, 0.25) is 0 Å². The van der Waals surface area contributed by atoms with Crippen LogP contribution in [0.3, 0.4) is 0 Å². The minimum Gasteiger partial charge on any atom is -0.507 e. The quantitative estimate of drug-likeness (QED) is 0.584. The highest BCUT2D eigenvalue weighted by molar-refractivity contribution is 5.74. The number of phenolic OH excluding ortho intramolecular Hbond substituents is 1. The molecule has 8 nitrogen and oxygen atoms in total. The Morgan fingerprint density at radius 1 is 1.16 bits per heavy atom. The lowest BCUT2D eigenvalue weighted by Crippen LogP contribution is -2.43. The number of aromatic hydroxyl groups is 1. The van der Waals surface area contributed by atoms with Gasteiger partial charge < -0.3 is 20.1 Å². The maximum absolute atomic E-state index is 13.2. The third-order valence-electron chi connectivity index (χ3n) is 6.23. The fourth-order valence-electron chi connectivity index (χ4n) is 4.16. The van der Waals surface area contributed by atoms with Crippen molar-refractivity contribution in [3.63, 3.8) is 0 Å². The Labute approximate surface area is 185 Å². The molecule has 0 unspecified atom stereocenters. The van der Waals surface area contributed by atoms with Gasteiger partial charge in [-0.05, 0) is 49.1 Å². The van der Waals surface area contributed by atoms with Gasteiger partial charge in [-0.25, -0.2) is 4.39 Å². The molecule has 1 aromatic carbocycles. The zero-order valence-corrected chi connectivity index (χ0v) is 17.8. The monoisotopic (exact) mass is 436 g/mol. The van der Waals surface area contributed by atoms with Gasteiger partial charge in [-0.3, -0.25) is 0 Å². The Balaban J connectivity index is 1.29. The first-order chi connectivity index (χ1) is 15.6. The van der Waals surface area contributed by atoms with Crippen LogP contribution in [0, 0.1) is 0 Å². The molecule has 166 valence electrons. The molecule has 1 saturated carbocycles. The normalized spacial score (nSPS) is 19.2. The van der Waals surface area contributed by atoms with Crippen LogP contribution in [0.25, 0.3) is 22.4 Å². The largest absolute Gasteiger partial charge is 0.507 e. The van der Waals surface area contributed by atoms with Crippen LogP contribution in [-0.2, 0) is 0 Å². The van der Waals surface area contributed by atoms with Crippen molar-refractivity contribution in [1.29, 1.82) is 0 Å². The van der Waals surface area contributed by atoms with E-state index in [1.165, 1.54) is 7.11 Å². The molecule has 32 heavy (non-hydrogen) atoms. The molecular weight excluding hydrogens is 411 g/mol. The Bertz CT molecular complexity index is 1110. The number of anilines is 1. The van der Waals surface area contributed by atoms with Gasteiger partial charge in [0.15, 0.2) is 5.82 Å². The SMILES string of the molecule is COc1cc(-c2ccc(-c3ccc(N4CC[C@H](NC5(CF)CC5)C4)nn3)c(O)c2)cnn1. The highest BCUT2D eigenvalue weighted by Crippen LogP contribution is 2.37. The van der Waals surface area contributed by atoms with E-state index in [1.807, 2.05) is 24.3 Å². The second-order valence-electron chi connectivity index (χ2n) is 8.49. The van der Waals surface area contributed by atoms with Crippen LogP contribution in [0.4, 0.5) is 10.2 Å². The zero-order valence-electron chi connectivity index (χ0n) is 17.8. The lowest BCUT2D eigenvalue weighted by Gasteiger charge is -2.21. The van der Waals surface area contributed by atoms with Crippen LogP contribution in [-0.4, -0.2) is 64.0 Å². The van der Waals surface area contributed by atoms with Gasteiger partial charge in [-0.15, -0.1) is 15.3 Å². The lowest BCUT2D eigenvalue weighted by atomic mass is 10.0. The van der Waals surface area contributed by atoms with Crippen molar-refractivity contribution in [3.05, 3.63) is 42.6 Å². The van der Waals surface area contributed by atoms with Crippen molar-refractivity contribution in [2.24, 2.45) is 0 Å². The molecular formula is C23H25FN6O2. The van der Waals surface area contributed by atoms with E-state index in [4.69, 9.17) is 4.74 Å². The van der Waals surface area contributed by atoms with Crippen molar-refractivity contribution in [2.75, 3.05) is 31.8 Å². The number of phenols is 1. The fraction of sp³-hybridized carbons (Fsp3) is 0.391. The summed E-state index contributed by atoms with van der Waals surface area (Å²) in [6.45, 7) is 1.35. The van der Waals surface area contributed by atoms with Crippen LogP contribution in [0.15, 0.2) is 42.6 Å². The zero-order chi connectivity index (χ0) is 22.1. The summed E-state index contributed by atoms with van der Waals surface area (Å²) in [7, 11) is 1.53. The topological polar surface area (TPSA) is 96.3 Å². The van der Waals surface area contributed by atoms with E-state index in [2.05, 4.69) is 30.6 Å². The summed E-state index contributed by atoms with van der Waals surface area (Å²) < 4.78 is 18.3. The van der Waals surface area contributed by atoms with E-state index in [0.717, 1.165) is 49.3 Å². The molecule has 2 aromatic heterocycles. The number of methoxy groups -OCH3 is 1. The maximum atomic E-state index is 13.2. The maximum Gasteiger partial charge on any atom is 0.233 e. The van der Waals surface area contributed by atoms with Gasteiger partial charge in [0.2, 0.25) is 5.88 Å². The summed E-state index contributed by atoms with van der Waals surface area (Å²) in [5, 5.41) is 30.6. The van der Waals surface area contributed by atoms with E-state index in [-0.39, 0.29) is 24.0 Å². The molecule has 5 rings (SSSR count). The number of rotatable bonds is 7. The first-order valence-corrected chi connectivity index (χ1v) is 10.7. The van der Waals surface area contributed by atoms with Crippen molar-refractivity contribution < 1.29 is 14.2 Å². The summed E-state index contributed by atoms with van der Waals surface area (Å²) in [4.78, 5) is 2.16. The number of nitrogens with zero attached hydrogens (tertiary/aromatic N) is 5. The Morgan fingerprint density at radius 3 is 2.72 bits per heavy atom. The Morgan fingerprint density at radius 2 is 2.03 bits per heavy atom. The number of alkyl halides is 1. The third-order valence-corrected chi connectivity index (χ3v) is 6.23. The molecule has 3 heterocycles. The van der Waals surface area contributed by atoms with Gasteiger partial charge in [-0.1, -0.05) is 6.07 Å². The smallest absolute Gasteiger partial charge is 0.233 e. The number of hydrogen-bond donors (Lipinski definition) is 2. The van der Waals surface area contributed by atoms with Gasteiger partial charge in [0.25, 0.3) is 0 Å². The van der Waals surface area contributed by atoms with E-state index in [0.29, 0.717) is 17.1 Å². The summed E-state index contributed by atoms with van der Waals surface area (Å²) in [6.07, 6.45) is 4.41.